The second-order valence-corrected chi connectivity index (χ2v) is 6.68. The Morgan fingerprint density at radius 2 is 1.59 bits per heavy atom. The molecule has 0 radical (unpaired) electrons. The van der Waals surface area contributed by atoms with E-state index in [0.717, 1.165) is 12.8 Å². The summed E-state index contributed by atoms with van der Waals surface area (Å²) < 4.78 is 0. The molecular formula is C16H27N. The fourth-order valence-electron chi connectivity index (χ4n) is 3.01. The van der Waals surface area contributed by atoms with Crippen molar-refractivity contribution in [3.8, 4) is 0 Å². The fraction of sp³-hybridized carbons (Fsp3) is 0.625. The van der Waals surface area contributed by atoms with Crippen molar-refractivity contribution in [3.05, 3.63) is 35.9 Å². The highest BCUT2D eigenvalue weighted by Crippen LogP contribution is 2.33. The van der Waals surface area contributed by atoms with E-state index in [1.807, 2.05) is 0 Å². The molecule has 0 aliphatic rings. The normalized spacial score (nSPS) is 15.9. The maximum Gasteiger partial charge on any atom is 0.0136 e. The monoisotopic (exact) mass is 233 g/mol. The Hall–Kier alpha value is -0.820. The average Bonchev–Trinajstić information content (AvgIpc) is 2.15. The molecule has 1 nitrogen and oxygen atoms in total. The minimum Gasteiger partial charge on any atom is -0.325 e. The van der Waals surface area contributed by atoms with Crippen LogP contribution in [0.15, 0.2) is 30.3 Å². The van der Waals surface area contributed by atoms with E-state index in [0.29, 0.717) is 5.92 Å². The number of rotatable bonds is 5. The summed E-state index contributed by atoms with van der Waals surface area (Å²) >= 11 is 0. The molecule has 0 bridgehead atoms. The summed E-state index contributed by atoms with van der Waals surface area (Å²) in [6.07, 6.45) is 2.09. The van der Waals surface area contributed by atoms with E-state index in [1.165, 1.54) is 5.56 Å². The van der Waals surface area contributed by atoms with Crippen LogP contribution < -0.4 is 5.73 Å². The van der Waals surface area contributed by atoms with Crippen LogP contribution in [0.3, 0.4) is 0 Å². The molecule has 0 saturated carbocycles. The third kappa shape index (κ3) is 4.51. The third-order valence-corrected chi connectivity index (χ3v) is 3.28. The van der Waals surface area contributed by atoms with Crippen molar-refractivity contribution in [1.82, 2.24) is 0 Å². The molecule has 0 fully saturated rings. The van der Waals surface area contributed by atoms with Gasteiger partial charge in [-0.3, -0.25) is 0 Å². The first-order valence-electron chi connectivity index (χ1n) is 6.57. The van der Waals surface area contributed by atoms with Crippen molar-refractivity contribution >= 4 is 0 Å². The first-order chi connectivity index (χ1) is 7.73. The third-order valence-electron chi connectivity index (χ3n) is 3.28. The Bertz CT molecular complexity index is 336. The Balaban J connectivity index is 2.79. The highest BCUT2D eigenvalue weighted by molar-refractivity contribution is 5.24. The summed E-state index contributed by atoms with van der Waals surface area (Å²) in [5.74, 6) is 0.650. The van der Waals surface area contributed by atoms with Gasteiger partial charge in [-0.2, -0.15) is 0 Å². The van der Waals surface area contributed by atoms with E-state index in [9.17, 15) is 0 Å². The van der Waals surface area contributed by atoms with Crippen LogP contribution in [0.2, 0.25) is 0 Å². The maximum absolute atomic E-state index is 6.44. The zero-order valence-corrected chi connectivity index (χ0v) is 12.0. The first-order valence-corrected chi connectivity index (χ1v) is 6.57. The predicted octanol–water partition coefficient (Wildman–Crippen LogP) is 4.12. The number of hydrogen-bond acceptors (Lipinski definition) is 1. The molecule has 1 aromatic carbocycles. The SMILES string of the molecule is CC(C)C[C@@](C)(N)CC(C)(C)c1ccccc1. The van der Waals surface area contributed by atoms with Crippen molar-refractivity contribution in [1.29, 1.82) is 0 Å². The van der Waals surface area contributed by atoms with E-state index in [2.05, 4.69) is 65.0 Å². The molecule has 1 aromatic rings. The van der Waals surface area contributed by atoms with Crippen LogP contribution >= 0.6 is 0 Å². The van der Waals surface area contributed by atoms with Gasteiger partial charge >= 0.3 is 0 Å². The summed E-state index contributed by atoms with van der Waals surface area (Å²) in [4.78, 5) is 0. The van der Waals surface area contributed by atoms with Crippen molar-refractivity contribution in [2.75, 3.05) is 0 Å². The summed E-state index contributed by atoms with van der Waals surface area (Å²) in [7, 11) is 0. The smallest absolute Gasteiger partial charge is 0.0136 e. The van der Waals surface area contributed by atoms with Crippen molar-refractivity contribution < 1.29 is 0 Å². The van der Waals surface area contributed by atoms with Crippen LogP contribution in [0.25, 0.3) is 0 Å². The molecule has 0 aliphatic heterocycles. The van der Waals surface area contributed by atoms with Gasteiger partial charge in [0.1, 0.15) is 0 Å². The lowest BCUT2D eigenvalue weighted by molar-refractivity contribution is 0.281. The number of nitrogens with two attached hydrogens (primary N) is 1. The predicted molar refractivity (Wildman–Crippen MR) is 76.1 cm³/mol. The highest BCUT2D eigenvalue weighted by atomic mass is 14.7. The second kappa shape index (κ2) is 5.22. The van der Waals surface area contributed by atoms with Crippen molar-refractivity contribution in [2.45, 2.75) is 58.4 Å². The van der Waals surface area contributed by atoms with Crippen LogP contribution in [-0.2, 0) is 5.41 Å². The summed E-state index contributed by atoms with van der Waals surface area (Å²) in [6.45, 7) is 11.2. The van der Waals surface area contributed by atoms with Gasteiger partial charge in [-0.1, -0.05) is 58.0 Å². The van der Waals surface area contributed by atoms with E-state index in [-0.39, 0.29) is 11.0 Å². The fourth-order valence-corrected chi connectivity index (χ4v) is 3.01. The van der Waals surface area contributed by atoms with E-state index >= 15 is 0 Å². The van der Waals surface area contributed by atoms with Gasteiger partial charge in [-0.25, -0.2) is 0 Å². The van der Waals surface area contributed by atoms with Crippen LogP contribution in [0.1, 0.15) is 53.0 Å². The van der Waals surface area contributed by atoms with Gasteiger partial charge in [0.05, 0.1) is 0 Å². The molecule has 1 heteroatoms. The lowest BCUT2D eigenvalue weighted by atomic mass is 9.72. The van der Waals surface area contributed by atoms with Gasteiger partial charge in [-0.05, 0) is 36.7 Å². The number of benzene rings is 1. The molecule has 0 spiro atoms. The molecule has 0 unspecified atom stereocenters. The van der Waals surface area contributed by atoms with Crippen LogP contribution in [0.4, 0.5) is 0 Å². The summed E-state index contributed by atoms with van der Waals surface area (Å²) in [5.41, 5.74) is 7.87. The zero-order valence-electron chi connectivity index (χ0n) is 12.0. The molecule has 17 heavy (non-hydrogen) atoms. The minimum atomic E-state index is -0.0898. The molecule has 2 N–H and O–H groups in total. The van der Waals surface area contributed by atoms with Crippen LogP contribution in [-0.4, -0.2) is 5.54 Å². The molecule has 1 rings (SSSR count). The van der Waals surface area contributed by atoms with Gasteiger partial charge < -0.3 is 5.73 Å². The van der Waals surface area contributed by atoms with Gasteiger partial charge in [-0.15, -0.1) is 0 Å². The molecule has 0 heterocycles. The quantitative estimate of drug-likeness (QED) is 0.813. The summed E-state index contributed by atoms with van der Waals surface area (Å²) in [5, 5.41) is 0. The number of hydrogen-bond donors (Lipinski definition) is 1. The lowest BCUT2D eigenvalue weighted by Gasteiger charge is -2.36. The lowest BCUT2D eigenvalue weighted by Crippen LogP contribution is -2.43. The summed E-state index contributed by atoms with van der Waals surface area (Å²) in [6, 6.07) is 10.7. The minimum absolute atomic E-state index is 0.0898. The second-order valence-electron chi connectivity index (χ2n) is 6.68. The average molecular weight is 233 g/mol. The van der Waals surface area contributed by atoms with Crippen molar-refractivity contribution in [2.24, 2.45) is 11.7 Å². The first kappa shape index (κ1) is 14.2. The molecule has 0 saturated heterocycles. The maximum atomic E-state index is 6.44. The van der Waals surface area contributed by atoms with Gasteiger partial charge in [0, 0.05) is 5.54 Å². The van der Waals surface area contributed by atoms with E-state index in [4.69, 9.17) is 5.73 Å². The highest BCUT2D eigenvalue weighted by Gasteiger charge is 2.30. The Morgan fingerprint density at radius 1 is 1.06 bits per heavy atom. The molecule has 0 amide bonds. The van der Waals surface area contributed by atoms with E-state index < -0.39 is 0 Å². The molecule has 0 aliphatic carbocycles. The largest absolute Gasteiger partial charge is 0.325 e. The van der Waals surface area contributed by atoms with Crippen LogP contribution in [0.5, 0.6) is 0 Å². The molecule has 1 atom stereocenters. The zero-order chi connectivity index (χ0) is 13.1. The molecule has 0 aromatic heterocycles. The van der Waals surface area contributed by atoms with Gasteiger partial charge in [0.25, 0.3) is 0 Å². The van der Waals surface area contributed by atoms with Crippen LogP contribution in [0, 0.1) is 5.92 Å². The van der Waals surface area contributed by atoms with Crippen molar-refractivity contribution in [3.63, 3.8) is 0 Å². The van der Waals surface area contributed by atoms with E-state index in [1.54, 1.807) is 0 Å². The standard InChI is InChI=1S/C16H27N/c1-13(2)11-16(5,17)12-15(3,4)14-9-7-6-8-10-14/h6-10,13H,11-12,17H2,1-5H3/t16-/m1/s1. The Kier molecular flexibility index (Phi) is 4.37. The molecule has 96 valence electrons. The Labute approximate surface area is 106 Å². The van der Waals surface area contributed by atoms with Gasteiger partial charge in [0.15, 0.2) is 0 Å². The topological polar surface area (TPSA) is 26.0 Å². The Morgan fingerprint density at radius 3 is 2.06 bits per heavy atom. The van der Waals surface area contributed by atoms with Gasteiger partial charge in [0.2, 0.25) is 0 Å². The molecular weight excluding hydrogens is 206 g/mol.